The van der Waals surface area contributed by atoms with E-state index in [1.54, 1.807) is 50.3 Å². The van der Waals surface area contributed by atoms with Crippen molar-refractivity contribution < 1.29 is 30.0 Å². The quantitative estimate of drug-likeness (QED) is 0.394. The van der Waals surface area contributed by atoms with Crippen LogP contribution in [0.4, 0.5) is 0 Å². The number of rotatable bonds is 7. The summed E-state index contributed by atoms with van der Waals surface area (Å²) in [5, 5.41) is 40.0. The monoisotopic (exact) mass is 424 g/mol. The summed E-state index contributed by atoms with van der Waals surface area (Å²) in [7, 11) is 0. The largest absolute Gasteiger partial charge is 0.508 e. The number of ketones is 1. The molecule has 0 bridgehead atoms. The number of phenolic OH excluding ortho intramolecular Hbond substituents is 2. The van der Waals surface area contributed by atoms with Crippen molar-refractivity contribution in [2.75, 3.05) is 0 Å². The second kappa shape index (κ2) is 8.57. The number of benzene rings is 2. The van der Waals surface area contributed by atoms with Crippen molar-refractivity contribution in [3.05, 3.63) is 65.2 Å². The highest BCUT2D eigenvalue weighted by atomic mass is 16.5. The molecule has 2 aromatic rings. The molecule has 0 fully saturated rings. The van der Waals surface area contributed by atoms with E-state index < -0.39 is 17.3 Å². The lowest BCUT2D eigenvalue weighted by Crippen LogP contribution is -2.39. The van der Waals surface area contributed by atoms with Crippen molar-refractivity contribution in [1.29, 1.82) is 0 Å². The second-order valence-electron chi connectivity index (χ2n) is 8.62. The first-order chi connectivity index (χ1) is 14.5. The van der Waals surface area contributed by atoms with Crippen LogP contribution in [0.5, 0.6) is 17.2 Å². The molecule has 0 saturated carbocycles. The molecule has 31 heavy (non-hydrogen) atoms. The second-order valence-corrected chi connectivity index (χ2v) is 8.62. The lowest BCUT2D eigenvalue weighted by Gasteiger charge is -2.34. The van der Waals surface area contributed by atoms with E-state index in [2.05, 4.69) is 0 Å². The Labute approximate surface area is 181 Å². The normalized spacial score (nSPS) is 19.1. The fraction of sp³-hybridized carbons (Fsp3) is 0.320. The lowest BCUT2D eigenvalue weighted by atomic mass is 9.89. The maximum absolute atomic E-state index is 12.6. The van der Waals surface area contributed by atoms with Gasteiger partial charge in [0, 0.05) is 0 Å². The van der Waals surface area contributed by atoms with Gasteiger partial charge >= 0.3 is 0 Å². The van der Waals surface area contributed by atoms with E-state index in [-0.39, 0.29) is 22.8 Å². The van der Waals surface area contributed by atoms with Gasteiger partial charge in [-0.15, -0.1) is 0 Å². The van der Waals surface area contributed by atoms with Gasteiger partial charge in [0.2, 0.25) is 0 Å². The Kier molecular flexibility index (Phi) is 6.25. The highest BCUT2D eigenvalue weighted by molar-refractivity contribution is 6.09. The molecule has 164 valence electrons. The van der Waals surface area contributed by atoms with E-state index in [9.17, 15) is 25.2 Å². The van der Waals surface area contributed by atoms with Crippen LogP contribution in [0.2, 0.25) is 0 Å². The maximum Gasteiger partial charge on any atom is 0.189 e. The first-order valence-corrected chi connectivity index (χ1v) is 10.1. The summed E-state index contributed by atoms with van der Waals surface area (Å²) in [5.41, 5.74) is -0.590. The van der Waals surface area contributed by atoms with Gasteiger partial charge in [-0.2, -0.15) is 0 Å². The third-order valence-electron chi connectivity index (χ3n) is 5.44. The predicted molar refractivity (Wildman–Crippen MR) is 119 cm³/mol. The molecular formula is C25H28O6. The predicted octanol–water partition coefficient (Wildman–Crippen LogP) is 4.07. The standard InChI is InChI=1S/C25H28O6/c1-24(2,30)22(28)13-15-25(3)14-12-19-21(31-25)11-9-18(23(19)29)20(27)10-6-16-4-7-17(26)8-5-16/h4-12,14,22,26,28-30H,13,15H2,1-3H3/b10-6+. The Bertz CT molecular complexity index is 1010. The summed E-state index contributed by atoms with van der Waals surface area (Å²) in [6.45, 7) is 4.97. The number of ether oxygens (including phenoxy) is 1. The van der Waals surface area contributed by atoms with Crippen molar-refractivity contribution >= 4 is 17.9 Å². The molecular weight excluding hydrogens is 396 g/mol. The van der Waals surface area contributed by atoms with Crippen molar-refractivity contribution in [1.82, 2.24) is 0 Å². The molecule has 6 heteroatoms. The van der Waals surface area contributed by atoms with E-state index >= 15 is 0 Å². The molecule has 2 aromatic carbocycles. The number of hydrogen-bond donors (Lipinski definition) is 4. The van der Waals surface area contributed by atoms with Crippen LogP contribution in [-0.2, 0) is 0 Å². The Morgan fingerprint density at radius 2 is 1.84 bits per heavy atom. The third-order valence-corrected chi connectivity index (χ3v) is 5.44. The smallest absolute Gasteiger partial charge is 0.189 e. The number of phenols is 2. The highest BCUT2D eigenvalue weighted by Crippen LogP contribution is 2.40. The van der Waals surface area contributed by atoms with E-state index in [4.69, 9.17) is 4.74 Å². The first-order valence-electron chi connectivity index (χ1n) is 10.1. The molecule has 1 aliphatic heterocycles. The SMILES string of the molecule is CC1(CCC(O)C(C)(C)O)C=Cc2c(ccc(C(=O)/C=C/c3ccc(O)cc3)c2O)O1. The molecule has 0 spiro atoms. The van der Waals surface area contributed by atoms with Crippen molar-refractivity contribution in [3.63, 3.8) is 0 Å². The van der Waals surface area contributed by atoms with Crippen molar-refractivity contribution in [2.24, 2.45) is 0 Å². The molecule has 3 rings (SSSR count). The fourth-order valence-electron chi connectivity index (χ4n) is 3.34. The molecule has 2 unspecified atom stereocenters. The number of hydrogen-bond acceptors (Lipinski definition) is 6. The van der Waals surface area contributed by atoms with E-state index in [1.165, 1.54) is 24.3 Å². The van der Waals surface area contributed by atoms with Gasteiger partial charge in [-0.1, -0.05) is 18.2 Å². The zero-order chi connectivity index (χ0) is 22.8. The summed E-state index contributed by atoms with van der Waals surface area (Å²) in [6.07, 6.45) is 6.38. The van der Waals surface area contributed by atoms with Crippen LogP contribution < -0.4 is 4.74 Å². The van der Waals surface area contributed by atoms with E-state index in [0.717, 1.165) is 5.56 Å². The van der Waals surface area contributed by atoms with E-state index in [0.29, 0.717) is 24.2 Å². The number of carbonyl (C=O) groups excluding carboxylic acids is 1. The number of carbonyl (C=O) groups is 1. The Balaban J connectivity index is 1.75. The van der Waals surface area contributed by atoms with Gasteiger partial charge in [0.15, 0.2) is 5.78 Å². The molecule has 0 amide bonds. The minimum absolute atomic E-state index is 0.143. The minimum Gasteiger partial charge on any atom is -0.508 e. The highest BCUT2D eigenvalue weighted by Gasteiger charge is 2.33. The van der Waals surface area contributed by atoms with Crippen molar-refractivity contribution in [2.45, 2.75) is 50.9 Å². The van der Waals surface area contributed by atoms with Crippen LogP contribution in [0.1, 0.15) is 55.1 Å². The number of fused-ring (bicyclic) bond motifs is 1. The van der Waals surface area contributed by atoms with Gasteiger partial charge in [0.1, 0.15) is 22.8 Å². The van der Waals surface area contributed by atoms with Crippen LogP contribution in [0.15, 0.2) is 48.6 Å². The van der Waals surface area contributed by atoms with Gasteiger partial charge in [-0.25, -0.2) is 0 Å². The van der Waals surface area contributed by atoms with Gasteiger partial charge < -0.3 is 25.2 Å². The lowest BCUT2D eigenvalue weighted by molar-refractivity contribution is -0.0578. The fourth-order valence-corrected chi connectivity index (χ4v) is 3.34. The maximum atomic E-state index is 12.6. The molecule has 0 radical (unpaired) electrons. The van der Waals surface area contributed by atoms with Crippen LogP contribution in [0.3, 0.4) is 0 Å². The van der Waals surface area contributed by atoms with Crippen molar-refractivity contribution in [3.8, 4) is 17.2 Å². The molecule has 6 nitrogen and oxygen atoms in total. The minimum atomic E-state index is -1.20. The Hall–Kier alpha value is -3.09. The van der Waals surface area contributed by atoms with Gasteiger partial charge in [0.05, 0.1) is 22.8 Å². The molecule has 0 saturated heterocycles. The van der Waals surface area contributed by atoms with Gasteiger partial charge in [0.25, 0.3) is 0 Å². The molecule has 1 heterocycles. The average Bonchev–Trinajstić information content (AvgIpc) is 2.71. The van der Waals surface area contributed by atoms with Gasteiger partial charge in [-0.3, -0.25) is 4.79 Å². The molecule has 0 aromatic heterocycles. The third kappa shape index (κ3) is 5.34. The average molecular weight is 424 g/mol. The Morgan fingerprint density at radius 1 is 1.16 bits per heavy atom. The zero-order valence-electron chi connectivity index (χ0n) is 17.9. The van der Waals surface area contributed by atoms with Gasteiger partial charge in [-0.05, 0) is 81.7 Å². The first kappa shape index (κ1) is 22.6. The van der Waals surface area contributed by atoms with E-state index in [1.807, 2.05) is 6.92 Å². The van der Waals surface area contributed by atoms with Crippen LogP contribution in [0, 0.1) is 0 Å². The molecule has 0 aliphatic carbocycles. The van der Waals surface area contributed by atoms with Crippen LogP contribution in [-0.4, -0.2) is 43.5 Å². The summed E-state index contributed by atoms with van der Waals surface area (Å²) < 4.78 is 6.05. The summed E-state index contributed by atoms with van der Waals surface area (Å²) in [6, 6.07) is 9.57. The zero-order valence-corrected chi connectivity index (χ0v) is 17.9. The van der Waals surface area contributed by atoms with Crippen LogP contribution >= 0.6 is 0 Å². The topological polar surface area (TPSA) is 107 Å². The number of aromatic hydroxyl groups is 2. The molecule has 1 aliphatic rings. The number of allylic oxidation sites excluding steroid dienone is 1. The molecule has 4 N–H and O–H groups in total. The summed E-state index contributed by atoms with van der Waals surface area (Å²) >= 11 is 0. The summed E-state index contributed by atoms with van der Waals surface area (Å²) in [4.78, 5) is 12.6. The number of aliphatic hydroxyl groups excluding tert-OH is 1. The Morgan fingerprint density at radius 3 is 2.48 bits per heavy atom. The summed E-state index contributed by atoms with van der Waals surface area (Å²) in [5.74, 6) is 0.0691. The van der Waals surface area contributed by atoms with Crippen LogP contribution in [0.25, 0.3) is 12.2 Å². The molecule has 2 atom stereocenters. The number of aliphatic hydroxyl groups is 2.